The second-order valence-corrected chi connectivity index (χ2v) is 7.20. The van der Waals surface area contributed by atoms with Crippen LogP contribution in [-0.2, 0) is 16.0 Å². The number of carbonyl (C=O) groups excluding carboxylic acids is 2. The normalized spacial score (nSPS) is 17.8. The zero-order valence-corrected chi connectivity index (χ0v) is 14.9. The Morgan fingerprint density at radius 2 is 1.69 bits per heavy atom. The fraction of sp³-hybridized carbons (Fsp3) is 0.364. The molecule has 1 heterocycles. The average Bonchev–Trinajstić information content (AvgIpc) is 2.64. The molecular weight excluding hydrogens is 324 g/mol. The molecule has 2 aliphatic rings. The summed E-state index contributed by atoms with van der Waals surface area (Å²) in [5.41, 5.74) is 3.01. The molecule has 1 atom stereocenters. The molecular formula is C22H24N2O2. The molecule has 4 heteroatoms. The minimum Gasteiger partial charge on any atom is -0.340 e. The summed E-state index contributed by atoms with van der Waals surface area (Å²) in [5.74, 6) is 0.0161. The smallest absolute Gasteiger partial charge is 0.254 e. The van der Waals surface area contributed by atoms with Crippen molar-refractivity contribution >= 4 is 17.5 Å². The molecule has 26 heavy (non-hydrogen) atoms. The maximum absolute atomic E-state index is 13.4. The molecule has 0 unspecified atom stereocenters. The molecule has 0 aromatic heterocycles. The minimum absolute atomic E-state index is 0.00347. The lowest BCUT2D eigenvalue weighted by atomic mass is 9.84. The first-order valence-electron chi connectivity index (χ1n) is 9.48. The van der Waals surface area contributed by atoms with Gasteiger partial charge in [-0.25, -0.2) is 0 Å². The number of rotatable bonds is 4. The molecule has 1 N–H and O–H groups in total. The van der Waals surface area contributed by atoms with Crippen molar-refractivity contribution in [1.82, 2.24) is 5.32 Å². The van der Waals surface area contributed by atoms with Crippen LogP contribution in [0.25, 0.3) is 0 Å². The molecule has 2 aromatic rings. The number of nitrogens with one attached hydrogen (secondary N) is 1. The van der Waals surface area contributed by atoms with Crippen LogP contribution in [0, 0.1) is 5.92 Å². The van der Waals surface area contributed by atoms with E-state index in [-0.39, 0.29) is 17.7 Å². The Bertz CT molecular complexity index is 799. The van der Waals surface area contributed by atoms with E-state index in [4.69, 9.17) is 0 Å². The van der Waals surface area contributed by atoms with Crippen LogP contribution in [0.15, 0.2) is 54.6 Å². The van der Waals surface area contributed by atoms with Crippen molar-refractivity contribution in [3.05, 3.63) is 65.7 Å². The van der Waals surface area contributed by atoms with Crippen LogP contribution in [0.4, 0.5) is 5.69 Å². The van der Waals surface area contributed by atoms with Gasteiger partial charge in [-0.3, -0.25) is 9.59 Å². The van der Waals surface area contributed by atoms with Crippen LogP contribution < -0.4 is 10.2 Å². The van der Waals surface area contributed by atoms with Crippen LogP contribution in [0.3, 0.4) is 0 Å². The van der Waals surface area contributed by atoms with E-state index in [9.17, 15) is 9.59 Å². The van der Waals surface area contributed by atoms with E-state index in [0.29, 0.717) is 6.54 Å². The summed E-state index contributed by atoms with van der Waals surface area (Å²) >= 11 is 0. The standard InChI is InChI=1S/C22H24N2O2/c25-21(18-11-6-12-18)23-20(17-9-2-1-3-10-17)22(26)24-15-7-13-16-8-4-5-14-19(16)24/h1-5,8-10,14,18,20H,6-7,11-13,15H2,(H,23,25)/t20-/m1/s1. The van der Waals surface area contributed by atoms with Crippen molar-refractivity contribution in [3.63, 3.8) is 0 Å². The van der Waals surface area contributed by atoms with Gasteiger partial charge in [0.15, 0.2) is 0 Å². The Morgan fingerprint density at radius 3 is 2.42 bits per heavy atom. The largest absolute Gasteiger partial charge is 0.340 e. The second-order valence-electron chi connectivity index (χ2n) is 7.20. The minimum atomic E-state index is -0.629. The maximum atomic E-state index is 13.4. The first-order valence-corrected chi connectivity index (χ1v) is 9.48. The van der Waals surface area contributed by atoms with E-state index >= 15 is 0 Å². The summed E-state index contributed by atoms with van der Waals surface area (Å²) in [4.78, 5) is 27.8. The Morgan fingerprint density at radius 1 is 0.962 bits per heavy atom. The zero-order chi connectivity index (χ0) is 17.9. The molecule has 2 amide bonds. The number of para-hydroxylation sites is 1. The summed E-state index contributed by atoms with van der Waals surface area (Å²) in [6.07, 6.45) is 4.88. The summed E-state index contributed by atoms with van der Waals surface area (Å²) in [5, 5.41) is 3.03. The number of hydrogen-bond donors (Lipinski definition) is 1. The topological polar surface area (TPSA) is 49.4 Å². The Hall–Kier alpha value is -2.62. The predicted octanol–water partition coefficient (Wildman–Crippen LogP) is 3.62. The fourth-order valence-electron chi connectivity index (χ4n) is 3.78. The Labute approximate surface area is 154 Å². The van der Waals surface area contributed by atoms with Crippen LogP contribution >= 0.6 is 0 Å². The molecule has 1 fully saturated rings. The van der Waals surface area contributed by atoms with Crippen LogP contribution in [0.2, 0.25) is 0 Å². The zero-order valence-electron chi connectivity index (χ0n) is 14.9. The lowest BCUT2D eigenvalue weighted by Gasteiger charge is -2.34. The quantitative estimate of drug-likeness (QED) is 0.917. The molecule has 1 saturated carbocycles. The van der Waals surface area contributed by atoms with Gasteiger partial charge in [0.1, 0.15) is 6.04 Å². The highest BCUT2D eigenvalue weighted by Gasteiger charge is 2.33. The number of benzene rings is 2. The third-order valence-corrected chi connectivity index (χ3v) is 5.52. The average molecular weight is 348 g/mol. The molecule has 2 aromatic carbocycles. The first-order chi connectivity index (χ1) is 12.7. The lowest BCUT2D eigenvalue weighted by Crippen LogP contribution is -2.47. The molecule has 134 valence electrons. The molecule has 0 radical (unpaired) electrons. The third-order valence-electron chi connectivity index (χ3n) is 5.52. The molecule has 0 bridgehead atoms. The molecule has 4 nitrogen and oxygen atoms in total. The van der Waals surface area contributed by atoms with E-state index in [2.05, 4.69) is 11.4 Å². The molecule has 0 saturated heterocycles. The van der Waals surface area contributed by atoms with E-state index in [1.807, 2.05) is 53.4 Å². The summed E-state index contributed by atoms with van der Waals surface area (Å²) in [6.45, 7) is 0.693. The van der Waals surface area contributed by atoms with Crippen molar-refractivity contribution in [3.8, 4) is 0 Å². The molecule has 0 spiro atoms. The Balaban J connectivity index is 1.63. The van der Waals surface area contributed by atoms with Gasteiger partial charge in [0.2, 0.25) is 5.91 Å². The van der Waals surface area contributed by atoms with Gasteiger partial charge in [-0.2, -0.15) is 0 Å². The van der Waals surface area contributed by atoms with Crippen molar-refractivity contribution in [2.45, 2.75) is 38.1 Å². The third kappa shape index (κ3) is 3.24. The van der Waals surface area contributed by atoms with E-state index < -0.39 is 6.04 Å². The van der Waals surface area contributed by atoms with Gasteiger partial charge >= 0.3 is 0 Å². The second kappa shape index (κ2) is 7.32. The number of aryl methyl sites for hydroxylation is 1. The molecule has 4 rings (SSSR count). The van der Waals surface area contributed by atoms with Gasteiger partial charge in [0.25, 0.3) is 5.91 Å². The SMILES string of the molecule is O=C(N[C@@H](C(=O)N1CCCc2ccccc21)c1ccccc1)C1CCC1. The first kappa shape index (κ1) is 16.8. The number of amides is 2. The lowest BCUT2D eigenvalue weighted by molar-refractivity contribution is -0.132. The highest BCUT2D eigenvalue weighted by atomic mass is 16.2. The summed E-state index contributed by atoms with van der Waals surface area (Å²) in [6, 6.07) is 17.0. The predicted molar refractivity (Wildman–Crippen MR) is 102 cm³/mol. The number of carbonyl (C=O) groups is 2. The number of anilines is 1. The van der Waals surface area contributed by atoms with Gasteiger partial charge in [-0.1, -0.05) is 55.0 Å². The van der Waals surface area contributed by atoms with Gasteiger partial charge in [-0.15, -0.1) is 0 Å². The number of fused-ring (bicyclic) bond motifs is 1. The van der Waals surface area contributed by atoms with E-state index in [1.165, 1.54) is 5.56 Å². The Kier molecular flexibility index (Phi) is 4.74. The summed E-state index contributed by atoms with van der Waals surface area (Å²) in [7, 11) is 0. The van der Waals surface area contributed by atoms with Crippen molar-refractivity contribution in [1.29, 1.82) is 0 Å². The number of nitrogens with zero attached hydrogens (tertiary/aromatic N) is 1. The van der Waals surface area contributed by atoms with Crippen molar-refractivity contribution in [2.24, 2.45) is 5.92 Å². The van der Waals surface area contributed by atoms with Gasteiger partial charge in [0.05, 0.1) is 0 Å². The van der Waals surface area contributed by atoms with Gasteiger partial charge < -0.3 is 10.2 Å². The van der Waals surface area contributed by atoms with Crippen molar-refractivity contribution in [2.75, 3.05) is 11.4 Å². The van der Waals surface area contributed by atoms with Crippen molar-refractivity contribution < 1.29 is 9.59 Å². The van der Waals surface area contributed by atoms with Crippen LogP contribution in [0.5, 0.6) is 0 Å². The highest BCUT2D eigenvalue weighted by Crippen LogP contribution is 2.31. The molecule has 1 aliphatic carbocycles. The van der Waals surface area contributed by atoms with Gasteiger partial charge in [0, 0.05) is 18.2 Å². The monoisotopic (exact) mass is 348 g/mol. The van der Waals surface area contributed by atoms with Crippen LogP contribution in [0.1, 0.15) is 42.9 Å². The van der Waals surface area contributed by atoms with E-state index in [0.717, 1.165) is 43.4 Å². The summed E-state index contributed by atoms with van der Waals surface area (Å²) < 4.78 is 0. The molecule has 1 aliphatic heterocycles. The maximum Gasteiger partial charge on any atom is 0.254 e. The fourth-order valence-corrected chi connectivity index (χ4v) is 3.78. The van der Waals surface area contributed by atoms with Crippen LogP contribution in [-0.4, -0.2) is 18.4 Å². The van der Waals surface area contributed by atoms with E-state index in [1.54, 1.807) is 0 Å². The number of hydrogen-bond acceptors (Lipinski definition) is 2. The highest BCUT2D eigenvalue weighted by molar-refractivity contribution is 6.00. The van der Waals surface area contributed by atoms with Gasteiger partial charge in [-0.05, 0) is 42.9 Å².